The number of aryl methyl sites for hydroxylation is 1. The highest BCUT2D eigenvalue weighted by molar-refractivity contribution is 9.10. The summed E-state index contributed by atoms with van der Waals surface area (Å²) in [6.45, 7) is 1.76. The van der Waals surface area contributed by atoms with E-state index >= 15 is 0 Å². The molecule has 0 atom stereocenters. The molecule has 3 N–H and O–H groups in total. The summed E-state index contributed by atoms with van der Waals surface area (Å²) in [6.07, 6.45) is 1.41. The molecule has 7 nitrogen and oxygen atoms in total. The molecular weight excluding hydrogens is 438 g/mol. The van der Waals surface area contributed by atoms with Crippen LogP contribution in [0.1, 0.15) is 26.5 Å². The van der Waals surface area contributed by atoms with Gasteiger partial charge in [0.2, 0.25) is 5.91 Å². The van der Waals surface area contributed by atoms with E-state index in [2.05, 4.69) is 31.9 Å². The number of hydrogen-bond donors (Lipinski definition) is 3. The summed E-state index contributed by atoms with van der Waals surface area (Å²) < 4.78 is 5.97. The second-order valence-corrected chi connectivity index (χ2v) is 7.06. The first-order valence-electron chi connectivity index (χ1n) is 8.71. The van der Waals surface area contributed by atoms with Crippen LogP contribution in [0.3, 0.4) is 0 Å². The van der Waals surface area contributed by atoms with Gasteiger partial charge in [-0.1, -0.05) is 15.9 Å². The molecule has 2 aromatic carbocycles. The Morgan fingerprint density at radius 2 is 1.66 bits per heavy atom. The number of halogens is 1. The van der Waals surface area contributed by atoms with Crippen molar-refractivity contribution < 1.29 is 18.8 Å². The van der Waals surface area contributed by atoms with Crippen LogP contribution in [-0.2, 0) is 4.79 Å². The van der Waals surface area contributed by atoms with Crippen molar-refractivity contribution in [2.24, 2.45) is 0 Å². The Morgan fingerprint density at radius 3 is 2.31 bits per heavy atom. The van der Waals surface area contributed by atoms with Crippen molar-refractivity contribution in [2.45, 2.75) is 6.92 Å². The lowest BCUT2D eigenvalue weighted by Gasteiger charge is -2.09. The van der Waals surface area contributed by atoms with Crippen LogP contribution >= 0.6 is 15.9 Å². The second kappa shape index (κ2) is 9.20. The maximum atomic E-state index is 12.2. The minimum Gasteiger partial charge on any atom is -0.459 e. The third-order valence-corrected chi connectivity index (χ3v) is 4.89. The zero-order valence-electron chi connectivity index (χ0n) is 15.5. The van der Waals surface area contributed by atoms with Gasteiger partial charge in [0.1, 0.15) is 0 Å². The molecule has 3 rings (SSSR count). The molecule has 0 bridgehead atoms. The van der Waals surface area contributed by atoms with Crippen LogP contribution in [0, 0.1) is 6.92 Å². The molecule has 3 aromatic rings. The Morgan fingerprint density at radius 1 is 0.931 bits per heavy atom. The van der Waals surface area contributed by atoms with E-state index in [1.54, 1.807) is 42.5 Å². The van der Waals surface area contributed by atoms with Crippen molar-refractivity contribution in [3.63, 3.8) is 0 Å². The number of furan rings is 1. The maximum Gasteiger partial charge on any atom is 0.291 e. The van der Waals surface area contributed by atoms with Gasteiger partial charge in [0, 0.05) is 21.4 Å². The molecular formula is C21H18BrN3O4. The SMILES string of the molecule is Cc1cc(NC(=O)CNC(=O)c2ccc(NC(=O)c3ccco3)cc2)ccc1Br. The Hall–Kier alpha value is -3.39. The summed E-state index contributed by atoms with van der Waals surface area (Å²) >= 11 is 3.40. The molecule has 3 amide bonds. The molecule has 1 heterocycles. The monoisotopic (exact) mass is 455 g/mol. The van der Waals surface area contributed by atoms with Crippen molar-refractivity contribution in [1.82, 2.24) is 5.32 Å². The van der Waals surface area contributed by atoms with Crippen molar-refractivity contribution >= 4 is 45.0 Å². The third-order valence-electron chi connectivity index (χ3n) is 4.00. The molecule has 0 unspecified atom stereocenters. The highest BCUT2D eigenvalue weighted by Gasteiger charge is 2.11. The lowest BCUT2D eigenvalue weighted by Crippen LogP contribution is -2.32. The Labute approximate surface area is 175 Å². The standard InChI is InChI=1S/C21H18BrN3O4/c1-13-11-16(8-9-17(13)22)24-19(26)12-23-20(27)14-4-6-15(7-5-14)25-21(28)18-3-2-10-29-18/h2-11H,12H2,1H3,(H,23,27)(H,24,26)(H,25,28). The quantitative estimate of drug-likeness (QED) is 0.523. The van der Waals surface area contributed by atoms with E-state index in [1.807, 2.05) is 19.1 Å². The van der Waals surface area contributed by atoms with Crippen molar-refractivity contribution in [3.8, 4) is 0 Å². The van der Waals surface area contributed by atoms with E-state index in [-0.39, 0.29) is 24.1 Å². The molecule has 1 aromatic heterocycles. The first-order valence-corrected chi connectivity index (χ1v) is 9.51. The zero-order chi connectivity index (χ0) is 20.8. The lowest BCUT2D eigenvalue weighted by molar-refractivity contribution is -0.115. The minimum atomic E-state index is -0.393. The van der Waals surface area contributed by atoms with Crippen LogP contribution < -0.4 is 16.0 Å². The van der Waals surface area contributed by atoms with Gasteiger partial charge >= 0.3 is 0 Å². The summed E-state index contributed by atoms with van der Waals surface area (Å²) in [5.74, 6) is -0.913. The highest BCUT2D eigenvalue weighted by atomic mass is 79.9. The number of hydrogen-bond acceptors (Lipinski definition) is 4. The summed E-state index contributed by atoms with van der Waals surface area (Å²) in [4.78, 5) is 36.2. The number of rotatable bonds is 6. The van der Waals surface area contributed by atoms with Crippen LogP contribution in [0.5, 0.6) is 0 Å². The zero-order valence-corrected chi connectivity index (χ0v) is 17.1. The Kier molecular flexibility index (Phi) is 6.46. The summed E-state index contributed by atoms with van der Waals surface area (Å²) in [5, 5.41) is 7.96. The molecule has 8 heteroatoms. The molecule has 0 saturated carbocycles. The van der Waals surface area contributed by atoms with E-state index in [0.717, 1.165) is 10.0 Å². The molecule has 0 saturated heterocycles. The average Bonchev–Trinajstić information content (AvgIpc) is 3.24. The van der Waals surface area contributed by atoms with E-state index in [4.69, 9.17) is 4.42 Å². The predicted molar refractivity (Wildman–Crippen MR) is 113 cm³/mol. The fraction of sp³-hybridized carbons (Fsp3) is 0.0952. The first-order chi connectivity index (χ1) is 13.9. The normalized spacial score (nSPS) is 10.3. The second-order valence-electron chi connectivity index (χ2n) is 6.20. The van der Waals surface area contributed by atoms with Crippen LogP contribution in [0.25, 0.3) is 0 Å². The Bertz CT molecular complexity index is 1030. The Balaban J connectivity index is 1.50. The van der Waals surface area contributed by atoms with E-state index in [1.165, 1.54) is 6.26 Å². The highest BCUT2D eigenvalue weighted by Crippen LogP contribution is 2.19. The molecule has 0 aliphatic heterocycles. The largest absolute Gasteiger partial charge is 0.459 e. The molecule has 0 aliphatic rings. The molecule has 0 radical (unpaired) electrons. The van der Waals surface area contributed by atoms with Crippen molar-refractivity contribution in [2.75, 3.05) is 17.2 Å². The number of benzene rings is 2. The van der Waals surface area contributed by atoms with Crippen LogP contribution in [0.15, 0.2) is 69.8 Å². The summed E-state index contributed by atoms with van der Waals surface area (Å²) in [7, 11) is 0. The molecule has 148 valence electrons. The number of anilines is 2. The van der Waals surface area contributed by atoms with E-state index in [9.17, 15) is 14.4 Å². The maximum absolute atomic E-state index is 12.2. The van der Waals surface area contributed by atoms with Gasteiger partial charge in [0.15, 0.2) is 5.76 Å². The fourth-order valence-electron chi connectivity index (χ4n) is 2.50. The molecule has 29 heavy (non-hydrogen) atoms. The number of amides is 3. The molecule has 0 spiro atoms. The van der Waals surface area contributed by atoms with Gasteiger partial charge in [-0.15, -0.1) is 0 Å². The van der Waals surface area contributed by atoms with Crippen LogP contribution in [0.2, 0.25) is 0 Å². The average molecular weight is 456 g/mol. The first kappa shape index (κ1) is 20.3. The lowest BCUT2D eigenvalue weighted by atomic mass is 10.2. The van der Waals surface area contributed by atoms with Gasteiger partial charge in [0.05, 0.1) is 12.8 Å². The van der Waals surface area contributed by atoms with Gasteiger partial charge < -0.3 is 20.4 Å². The summed E-state index contributed by atoms with van der Waals surface area (Å²) in [6, 6.07) is 14.9. The van der Waals surface area contributed by atoms with Crippen LogP contribution in [-0.4, -0.2) is 24.3 Å². The van der Waals surface area contributed by atoms with E-state index < -0.39 is 5.91 Å². The summed E-state index contributed by atoms with van der Waals surface area (Å²) in [5.41, 5.74) is 2.53. The molecule has 0 aliphatic carbocycles. The predicted octanol–water partition coefficient (Wildman–Crippen LogP) is 3.97. The van der Waals surface area contributed by atoms with Crippen LogP contribution in [0.4, 0.5) is 11.4 Å². The smallest absolute Gasteiger partial charge is 0.291 e. The number of nitrogens with one attached hydrogen (secondary N) is 3. The van der Waals surface area contributed by atoms with Crippen molar-refractivity contribution in [3.05, 3.63) is 82.2 Å². The van der Waals surface area contributed by atoms with Gasteiger partial charge in [-0.25, -0.2) is 0 Å². The van der Waals surface area contributed by atoms with Gasteiger partial charge in [-0.05, 0) is 67.1 Å². The molecule has 0 fully saturated rings. The fourth-order valence-corrected chi connectivity index (χ4v) is 2.74. The van der Waals surface area contributed by atoms with Crippen molar-refractivity contribution in [1.29, 1.82) is 0 Å². The third kappa shape index (κ3) is 5.55. The van der Waals surface area contributed by atoms with Gasteiger partial charge in [-0.2, -0.15) is 0 Å². The number of carbonyl (C=O) groups excluding carboxylic acids is 3. The number of carbonyl (C=O) groups is 3. The van der Waals surface area contributed by atoms with E-state index in [0.29, 0.717) is 16.9 Å². The van der Waals surface area contributed by atoms with Gasteiger partial charge in [0.25, 0.3) is 11.8 Å². The van der Waals surface area contributed by atoms with Gasteiger partial charge in [-0.3, -0.25) is 14.4 Å². The topological polar surface area (TPSA) is 100 Å². The minimum absolute atomic E-state index is 0.162.